The molecule has 0 saturated carbocycles. The maximum Gasteiger partial charge on any atom is 0.226 e. The van der Waals surface area contributed by atoms with Crippen LogP contribution in [0.5, 0.6) is 5.75 Å². The highest BCUT2D eigenvalue weighted by Crippen LogP contribution is 2.24. The fourth-order valence-electron chi connectivity index (χ4n) is 3.36. The summed E-state index contributed by atoms with van der Waals surface area (Å²) in [5.41, 5.74) is 2.55. The molecule has 166 valence electrons. The van der Waals surface area contributed by atoms with Crippen molar-refractivity contribution in [2.24, 2.45) is 0 Å². The second-order valence-electron chi connectivity index (χ2n) is 7.63. The Bertz CT molecular complexity index is 935. The first kappa shape index (κ1) is 23.1. The second kappa shape index (κ2) is 12.3. The number of carbonyl (C=O) groups is 2. The number of nitrogens with one attached hydrogen (secondary N) is 2. The van der Waals surface area contributed by atoms with Crippen LogP contribution in [-0.2, 0) is 22.4 Å². The molecular weight excluding hydrogens is 400 g/mol. The maximum atomic E-state index is 12.8. The Kier molecular flexibility index (Phi) is 8.87. The fourth-order valence-corrected chi connectivity index (χ4v) is 3.36. The number of hydrogen-bond donors (Lipinski definition) is 2. The highest BCUT2D eigenvalue weighted by atomic mass is 16.5. The van der Waals surface area contributed by atoms with E-state index in [-0.39, 0.29) is 24.7 Å². The van der Waals surface area contributed by atoms with Crippen LogP contribution in [0.15, 0.2) is 84.9 Å². The molecule has 3 aromatic rings. The van der Waals surface area contributed by atoms with E-state index in [0.717, 1.165) is 29.5 Å². The van der Waals surface area contributed by atoms with Gasteiger partial charge in [0.15, 0.2) is 0 Å². The Morgan fingerprint density at radius 2 is 1.25 bits per heavy atom. The van der Waals surface area contributed by atoms with Gasteiger partial charge in [-0.15, -0.1) is 0 Å². The first-order chi connectivity index (χ1) is 15.7. The highest BCUT2D eigenvalue weighted by molar-refractivity contribution is 5.82. The quantitative estimate of drug-likeness (QED) is 0.346. The lowest BCUT2D eigenvalue weighted by Crippen LogP contribution is -2.42. The van der Waals surface area contributed by atoms with E-state index in [4.69, 9.17) is 4.74 Å². The number of amides is 2. The van der Waals surface area contributed by atoms with Crippen LogP contribution in [0.3, 0.4) is 0 Å². The van der Waals surface area contributed by atoms with Gasteiger partial charge < -0.3 is 15.4 Å². The van der Waals surface area contributed by atoms with Gasteiger partial charge in [-0.2, -0.15) is 0 Å². The standard InChI is InChI=1S/C27H30N2O3/c1-2-3-18-32-24-17-11-10-16-23(24)27(28-25(30)19-21-12-6-4-7-13-21)29-26(31)20-22-14-8-5-9-15-22/h4-17,27H,2-3,18-20H2,1H3,(H,28,30)(H,29,31). The molecule has 2 amide bonds. The van der Waals surface area contributed by atoms with Crippen molar-refractivity contribution in [1.29, 1.82) is 0 Å². The summed E-state index contributed by atoms with van der Waals surface area (Å²) in [4.78, 5) is 25.6. The predicted molar refractivity (Wildman–Crippen MR) is 126 cm³/mol. The van der Waals surface area contributed by atoms with Crippen molar-refractivity contribution < 1.29 is 14.3 Å². The molecule has 0 aliphatic heterocycles. The summed E-state index contributed by atoms with van der Waals surface area (Å²) < 4.78 is 5.96. The number of unbranched alkanes of at least 4 members (excludes halogenated alkanes) is 1. The maximum absolute atomic E-state index is 12.8. The third kappa shape index (κ3) is 7.27. The summed E-state index contributed by atoms with van der Waals surface area (Å²) in [6.07, 6.45) is 1.71. The van der Waals surface area contributed by atoms with Crippen molar-refractivity contribution in [2.45, 2.75) is 38.8 Å². The molecule has 0 unspecified atom stereocenters. The zero-order valence-corrected chi connectivity index (χ0v) is 18.4. The van der Waals surface area contributed by atoms with Gasteiger partial charge in [0.25, 0.3) is 0 Å². The van der Waals surface area contributed by atoms with Crippen molar-refractivity contribution >= 4 is 11.8 Å². The molecule has 0 spiro atoms. The van der Waals surface area contributed by atoms with Gasteiger partial charge in [0, 0.05) is 5.56 Å². The molecule has 0 atom stereocenters. The number of carbonyl (C=O) groups excluding carboxylic acids is 2. The van der Waals surface area contributed by atoms with Gasteiger partial charge in [0.1, 0.15) is 11.9 Å². The molecule has 32 heavy (non-hydrogen) atoms. The lowest BCUT2D eigenvalue weighted by atomic mass is 10.1. The average Bonchev–Trinajstić information content (AvgIpc) is 2.80. The van der Waals surface area contributed by atoms with Crippen LogP contribution in [0.4, 0.5) is 0 Å². The zero-order valence-electron chi connectivity index (χ0n) is 18.4. The van der Waals surface area contributed by atoms with E-state index in [1.165, 1.54) is 0 Å². The number of benzene rings is 3. The van der Waals surface area contributed by atoms with Crippen LogP contribution < -0.4 is 15.4 Å². The van der Waals surface area contributed by atoms with E-state index in [1.807, 2.05) is 84.9 Å². The lowest BCUT2D eigenvalue weighted by Gasteiger charge is -2.23. The lowest BCUT2D eigenvalue weighted by molar-refractivity contribution is -0.123. The third-order valence-corrected chi connectivity index (χ3v) is 5.01. The first-order valence-electron chi connectivity index (χ1n) is 11.0. The van der Waals surface area contributed by atoms with E-state index in [2.05, 4.69) is 17.6 Å². The van der Waals surface area contributed by atoms with Gasteiger partial charge in [-0.05, 0) is 23.6 Å². The van der Waals surface area contributed by atoms with Crippen LogP contribution >= 0.6 is 0 Å². The summed E-state index contributed by atoms with van der Waals surface area (Å²) >= 11 is 0. The molecule has 0 heterocycles. The Labute approximate surface area is 189 Å². The van der Waals surface area contributed by atoms with Crippen molar-refractivity contribution in [2.75, 3.05) is 6.61 Å². The summed E-state index contributed by atoms with van der Waals surface area (Å²) in [5, 5.41) is 5.96. The number of rotatable bonds is 11. The summed E-state index contributed by atoms with van der Waals surface area (Å²) in [7, 11) is 0. The minimum Gasteiger partial charge on any atom is -0.493 e. The van der Waals surface area contributed by atoms with Crippen LogP contribution in [-0.4, -0.2) is 18.4 Å². The highest BCUT2D eigenvalue weighted by Gasteiger charge is 2.21. The van der Waals surface area contributed by atoms with Gasteiger partial charge in [0.05, 0.1) is 19.4 Å². The molecule has 5 heteroatoms. The number of hydrogen-bond acceptors (Lipinski definition) is 3. The third-order valence-electron chi connectivity index (χ3n) is 5.01. The topological polar surface area (TPSA) is 67.4 Å². The zero-order chi connectivity index (χ0) is 22.6. The van der Waals surface area contributed by atoms with E-state index in [9.17, 15) is 9.59 Å². The smallest absolute Gasteiger partial charge is 0.226 e. The SMILES string of the molecule is CCCCOc1ccccc1C(NC(=O)Cc1ccccc1)NC(=O)Cc1ccccc1. The molecule has 3 rings (SSSR count). The van der Waals surface area contributed by atoms with E-state index in [0.29, 0.717) is 12.4 Å². The molecule has 2 N–H and O–H groups in total. The Morgan fingerprint density at radius 1 is 0.750 bits per heavy atom. The number of para-hydroxylation sites is 1. The molecule has 0 bridgehead atoms. The van der Waals surface area contributed by atoms with Crippen molar-refractivity contribution in [1.82, 2.24) is 10.6 Å². The molecule has 5 nitrogen and oxygen atoms in total. The molecule has 0 saturated heterocycles. The largest absolute Gasteiger partial charge is 0.493 e. The molecule has 0 aromatic heterocycles. The van der Waals surface area contributed by atoms with Crippen molar-refractivity contribution in [3.63, 3.8) is 0 Å². The predicted octanol–water partition coefficient (Wildman–Crippen LogP) is 4.58. The van der Waals surface area contributed by atoms with E-state index in [1.54, 1.807) is 0 Å². The molecule has 0 radical (unpaired) electrons. The molecule has 0 fully saturated rings. The van der Waals surface area contributed by atoms with Crippen LogP contribution in [0.1, 0.15) is 42.6 Å². The van der Waals surface area contributed by atoms with Gasteiger partial charge in [-0.25, -0.2) is 0 Å². The monoisotopic (exact) mass is 430 g/mol. The molecule has 3 aromatic carbocycles. The van der Waals surface area contributed by atoms with E-state index < -0.39 is 6.17 Å². The van der Waals surface area contributed by atoms with Gasteiger partial charge in [-0.3, -0.25) is 9.59 Å². The van der Waals surface area contributed by atoms with Gasteiger partial charge in [-0.1, -0.05) is 92.2 Å². The Morgan fingerprint density at radius 3 is 1.78 bits per heavy atom. The fraction of sp³-hybridized carbons (Fsp3) is 0.259. The molecule has 0 aliphatic rings. The summed E-state index contributed by atoms with van der Waals surface area (Å²) in [6.45, 7) is 2.68. The Balaban J connectivity index is 1.77. The molecular formula is C27H30N2O3. The van der Waals surface area contributed by atoms with Gasteiger partial charge in [0.2, 0.25) is 11.8 Å². The number of ether oxygens (including phenoxy) is 1. The minimum absolute atomic E-state index is 0.176. The van der Waals surface area contributed by atoms with Crippen molar-refractivity contribution in [3.05, 3.63) is 102 Å². The average molecular weight is 431 g/mol. The second-order valence-corrected chi connectivity index (χ2v) is 7.63. The molecule has 0 aliphatic carbocycles. The first-order valence-corrected chi connectivity index (χ1v) is 11.0. The van der Waals surface area contributed by atoms with E-state index >= 15 is 0 Å². The van der Waals surface area contributed by atoms with Gasteiger partial charge >= 0.3 is 0 Å². The van der Waals surface area contributed by atoms with Crippen LogP contribution in [0.2, 0.25) is 0 Å². The normalized spacial score (nSPS) is 10.6. The van der Waals surface area contributed by atoms with Crippen LogP contribution in [0, 0.1) is 0 Å². The Hall–Kier alpha value is -3.60. The summed E-state index contributed by atoms with van der Waals surface area (Å²) in [6, 6.07) is 26.6. The summed E-state index contributed by atoms with van der Waals surface area (Å²) in [5.74, 6) is 0.306. The van der Waals surface area contributed by atoms with Crippen LogP contribution in [0.25, 0.3) is 0 Å². The van der Waals surface area contributed by atoms with Crippen molar-refractivity contribution in [3.8, 4) is 5.75 Å². The minimum atomic E-state index is -0.694.